The van der Waals surface area contributed by atoms with Crippen LogP contribution in [0.2, 0.25) is 0 Å². The van der Waals surface area contributed by atoms with Crippen LogP contribution in [0.5, 0.6) is 0 Å². The molecule has 0 aromatic heterocycles. The maximum atomic E-state index is 13.3. The number of unbranched alkanes of at least 4 members (excludes halogenated alkanes) is 17. The molecule has 0 aliphatic heterocycles. The molecule has 0 bridgehead atoms. The average Bonchev–Trinajstić information content (AvgIpc) is 3.25. The third-order valence-electron chi connectivity index (χ3n) is 8.76. The van der Waals surface area contributed by atoms with Crippen LogP contribution in [0, 0.1) is 0 Å². The van der Waals surface area contributed by atoms with Crippen molar-refractivity contribution in [1.82, 2.24) is 0 Å². The maximum Gasteiger partial charge on any atom is 0.220 e. The van der Waals surface area contributed by atoms with E-state index in [0.29, 0.717) is 19.3 Å². The number of carbonyl (C=O) groups excluding carboxylic acids is 4. The molecule has 0 radical (unpaired) electrons. The average molecular weight is 593 g/mol. The minimum Gasteiger partial charge on any atom is -0.382 e. The summed E-state index contributed by atoms with van der Waals surface area (Å²) in [4.78, 5) is 51.4. The number of carbonyl (C=O) groups is 4. The van der Waals surface area contributed by atoms with E-state index < -0.39 is 40.4 Å². The Balaban J connectivity index is 2.57. The van der Waals surface area contributed by atoms with Gasteiger partial charge in [0.1, 0.15) is 0 Å². The Kier molecular flexibility index (Phi) is 20.0. The zero-order chi connectivity index (χ0) is 31.3. The van der Waals surface area contributed by atoms with E-state index in [1.54, 1.807) is 0 Å². The molecule has 3 N–H and O–H groups in total. The van der Waals surface area contributed by atoms with Gasteiger partial charge in [0.25, 0.3) is 0 Å². The lowest BCUT2D eigenvalue weighted by Crippen LogP contribution is -2.72. The molecule has 2 unspecified atom stereocenters. The van der Waals surface area contributed by atoms with E-state index >= 15 is 0 Å². The van der Waals surface area contributed by atoms with Crippen molar-refractivity contribution in [3.63, 3.8) is 0 Å². The van der Waals surface area contributed by atoms with Crippen LogP contribution in [-0.4, -0.2) is 55.8 Å². The van der Waals surface area contributed by atoms with Gasteiger partial charge in [-0.2, -0.15) is 0 Å². The second-order valence-corrected chi connectivity index (χ2v) is 12.3. The fraction of sp³-hybridized carbons (Fsp3) is 0.829. The van der Waals surface area contributed by atoms with Crippen molar-refractivity contribution in [2.45, 2.75) is 185 Å². The largest absolute Gasteiger partial charge is 0.382 e. The number of aliphatic hydroxyl groups is 3. The van der Waals surface area contributed by atoms with Gasteiger partial charge in [-0.1, -0.05) is 122 Å². The fourth-order valence-electron chi connectivity index (χ4n) is 5.88. The molecular weight excluding hydrogens is 532 g/mol. The van der Waals surface area contributed by atoms with E-state index in [2.05, 4.69) is 26.0 Å². The fourth-order valence-corrected chi connectivity index (χ4v) is 5.88. The highest BCUT2D eigenvalue weighted by Crippen LogP contribution is 2.38. The number of hydrogen-bond donors (Lipinski definition) is 3. The zero-order valence-electron chi connectivity index (χ0n) is 26.7. The van der Waals surface area contributed by atoms with Crippen molar-refractivity contribution in [1.29, 1.82) is 0 Å². The minimum absolute atomic E-state index is 0.0981. The topological polar surface area (TPSA) is 129 Å². The first-order chi connectivity index (χ1) is 20.2. The number of rotatable bonds is 27. The van der Waals surface area contributed by atoms with Crippen LogP contribution in [0.15, 0.2) is 12.2 Å². The number of allylic oxidation sites excluding steroid dienone is 2. The molecule has 7 heteroatoms. The summed E-state index contributed by atoms with van der Waals surface area (Å²) in [7, 11) is 0. The second kappa shape index (κ2) is 21.9. The Morgan fingerprint density at radius 1 is 0.690 bits per heavy atom. The number of hydrogen-bond acceptors (Lipinski definition) is 7. The lowest BCUT2D eigenvalue weighted by atomic mass is 9.70. The molecule has 0 aromatic carbocycles. The van der Waals surface area contributed by atoms with Crippen LogP contribution in [0.1, 0.15) is 168 Å². The van der Waals surface area contributed by atoms with Crippen molar-refractivity contribution in [2.75, 3.05) is 0 Å². The molecule has 0 spiro atoms. The Hall–Kier alpha value is -1.70. The van der Waals surface area contributed by atoms with Crippen molar-refractivity contribution in [3.05, 3.63) is 12.2 Å². The zero-order valence-corrected chi connectivity index (χ0v) is 26.7. The van der Waals surface area contributed by atoms with Crippen LogP contribution in [-0.2, 0) is 19.2 Å². The lowest BCUT2D eigenvalue weighted by molar-refractivity contribution is -0.202. The number of ketones is 4. The Labute approximate surface area is 254 Å². The number of aliphatic hydroxyl groups excluding tert-OH is 1. The van der Waals surface area contributed by atoms with E-state index in [-0.39, 0.29) is 25.7 Å². The van der Waals surface area contributed by atoms with E-state index in [1.165, 1.54) is 51.4 Å². The van der Waals surface area contributed by atoms with Gasteiger partial charge in [-0.25, -0.2) is 0 Å². The Bertz CT molecular complexity index is 817. The molecule has 1 rings (SSSR count). The molecule has 42 heavy (non-hydrogen) atoms. The highest BCUT2D eigenvalue weighted by atomic mass is 16.4. The molecule has 0 saturated heterocycles. The summed E-state index contributed by atoms with van der Waals surface area (Å²) in [5.41, 5.74) is -6.24. The smallest absolute Gasteiger partial charge is 0.220 e. The normalized spacial score (nSPS) is 17.2. The van der Waals surface area contributed by atoms with Crippen molar-refractivity contribution in [2.24, 2.45) is 0 Å². The standard InChI is InChI=1S/C35H60O7/c1-3-5-7-9-11-13-15-17-19-21-23-25-29(36)33(40)35(42,34(41)31(38)27-28-32(34)39)30(37)26-24-22-20-18-16-14-12-10-8-6-4-2/h10,12,33,40-42H,3-9,11,13-28H2,1-2H3/b12-10+. The van der Waals surface area contributed by atoms with Crippen LogP contribution in [0.4, 0.5) is 0 Å². The van der Waals surface area contributed by atoms with Gasteiger partial charge in [-0.3, -0.25) is 19.2 Å². The maximum absolute atomic E-state index is 13.3. The monoisotopic (exact) mass is 592 g/mol. The third kappa shape index (κ3) is 12.1. The van der Waals surface area contributed by atoms with Gasteiger partial charge >= 0.3 is 0 Å². The summed E-state index contributed by atoms with van der Waals surface area (Å²) in [5.74, 6) is -3.88. The summed E-state index contributed by atoms with van der Waals surface area (Å²) in [5, 5.41) is 33.4. The van der Waals surface area contributed by atoms with E-state index in [1.807, 2.05) is 0 Å². The summed E-state index contributed by atoms with van der Waals surface area (Å²) >= 11 is 0. The van der Waals surface area contributed by atoms with Gasteiger partial charge in [0.15, 0.2) is 34.8 Å². The molecular formula is C35H60O7. The molecule has 1 fully saturated rings. The van der Waals surface area contributed by atoms with E-state index in [4.69, 9.17) is 0 Å². The van der Waals surface area contributed by atoms with E-state index in [0.717, 1.165) is 57.8 Å². The minimum atomic E-state index is -3.16. The first-order valence-corrected chi connectivity index (χ1v) is 17.1. The first-order valence-electron chi connectivity index (χ1n) is 17.1. The summed E-state index contributed by atoms with van der Waals surface area (Å²) < 4.78 is 0. The molecule has 7 nitrogen and oxygen atoms in total. The molecule has 1 aliphatic carbocycles. The molecule has 0 amide bonds. The van der Waals surface area contributed by atoms with Gasteiger partial charge < -0.3 is 15.3 Å². The highest BCUT2D eigenvalue weighted by Gasteiger charge is 2.69. The van der Waals surface area contributed by atoms with Crippen LogP contribution in [0.25, 0.3) is 0 Å². The molecule has 0 heterocycles. The van der Waals surface area contributed by atoms with Gasteiger partial charge in [-0.15, -0.1) is 0 Å². The van der Waals surface area contributed by atoms with E-state index in [9.17, 15) is 34.5 Å². The Morgan fingerprint density at radius 2 is 1.10 bits per heavy atom. The third-order valence-corrected chi connectivity index (χ3v) is 8.76. The van der Waals surface area contributed by atoms with Crippen molar-refractivity contribution in [3.8, 4) is 0 Å². The SMILES string of the molecule is CCCC/C=C/CCCCCCCC(=O)C(O)(C(O)C(=O)CCCCCCCCCCCCC)C1(O)C(=O)CCC1=O. The number of Topliss-reactive ketones (excluding diaryl/α,β-unsaturated/α-hetero) is 4. The summed E-state index contributed by atoms with van der Waals surface area (Å²) in [6.45, 7) is 4.37. The molecule has 242 valence electrons. The summed E-state index contributed by atoms with van der Waals surface area (Å²) in [6.07, 6.45) is 21.4. The van der Waals surface area contributed by atoms with Gasteiger partial charge in [-0.05, 0) is 32.1 Å². The predicted octanol–water partition coefficient (Wildman–Crippen LogP) is 7.06. The van der Waals surface area contributed by atoms with Crippen molar-refractivity contribution >= 4 is 23.1 Å². The van der Waals surface area contributed by atoms with Crippen LogP contribution in [0.3, 0.4) is 0 Å². The summed E-state index contributed by atoms with van der Waals surface area (Å²) in [6, 6.07) is 0. The molecule has 2 atom stereocenters. The van der Waals surface area contributed by atoms with Gasteiger partial charge in [0.05, 0.1) is 0 Å². The molecule has 1 aliphatic rings. The predicted molar refractivity (Wildman–Crippen MR) is 167 cm³/mol. The first kappa shape index (κ1) is 38.3. The van der Waals surface area contributed by atoms with Gasteiger partial charge in [0.2, 0.25) is 5.60 Å². The van der Waals surface area contributed by atoms with Crippen LogP contribution < -0.4 is 0 Å². The molecule has 1 saturated carbocycles. The van der Waals surface area contributed by atoms with Crippen LogP contribution >= 0.6 is 0 Å². The Morgan fingerprint density at radius 3 is 1.60 bits per heavy atom. The lowest BCUT2D eigenvalue weighted by Gasteiger charge is -2.40. The van der Waals surface area contributed by atoms with Crippen molar-refractivity contribution < 1.29 is 34.5 Å². The molecule has 0 aromatic rings. The quantitative estimate of drug-likeness (QED) is 0.0529. The highest BCUT2D eigenvalue weighted by molar-refractivity contribution is 6.21. The second-order valence-electron chi connectivity index (χ2n) is 12.3. The van der Waals surface area contributed by atoms with Gasteiger partial charge in [0, 0.05) is 25.7 Å².